The van der Waals surface area contributed by atoms with Crippen molar-refractivity contribution in [1.29, 1.82) is 0 Å². The van der Waals surface area contributed by atoms with Crippen LogP contribution in [0.4, 0.5) is 0 Å². The number of aliphatic hydroxyl groups excluding tert-OH is 3. The molecule has 1 aliphatic rings. The molecule has 0 spiro atoms. The molecule has 0 aromatic heterocycles. The fourth-order valence-electron chi connectivity index (χ4n) is 4.09. The first-order chi connectivity index (χ1) is 17.8. The average molecular weight is 542 g/mol. The van der Waals surface area contributed by atoms with E-state index in [0.717, 1.165) is 0 Å². The van der Waals surface area contributed by atoms with Crippen LogP contribution in [0.1, 0.15) is 44.9 Å². The van der Waals surface area contributed by atoms with Crippen molar-refractivity contribution in [3.63, 3.8) is 0 Å². The van der Waals surface area contributed by atoms with Crippen LogP contribution >= 0.6 is 11.6 Å². The predicted molar refractivity (Wildman–Crippen MR) is 136 cm³/mol. The Morgan fingerprint density at radius 1 is 1.19 bits per heavy atom. The standard InChI is InChI=1S/C26H36ClNO9/c27-19-8-7-9-21(16-19)36-18-20(29)12-13-23-22(24(30)17-25(23)31)10-3-1-2-4-11-26(32)35-14-5-6-15-37-28(33)34/h1,3,7-9,12-13,16,20,22-25,29-31H,2,4-6,10-11,14-15,17-18H2/b3-1-,13-12+/t20-,22-,23-,24+,25-/m1/s1. The number of allylic oxidation sites excluding steroid dienone is 2. The van der Waals surface area contributed by atoms with E-state index in [1.54, 1.807) is 36.4 Å². The Labute approximate surface area is 221 Å². The fraction of sp³-hybridized carbons (Fsp3) is 0.577. The van der Waals surface area contributed by atoms with Crippen LogP contribution in [0.2, 0.25) is 5.02 Å². The molecule has 10 nitrogen and oxygen atoms in total. The third-order valence-electron chi connectivity index (χ3n) is 6.01. The fourth-order valence-corrected chi connectivity index (χ4v) is 4.27. The Morgan fingerprint density at radius 3 is 2.73 bits per heavy atom. The summed E-state index contributed by atoms with van der Waals surface area (Å²) >= 11 is 5.92. The maximum Gasteiger partial charge on any atom is 0.305 e. The van der Waals surface area contributed by atoms with E-state index in [0.29, 0.717) is 42.9 Å². The molecule has 0 saturated heterocycles. The Morgan fingerprint density at radius 2 is 1.97 bits per heavy atom. The summed E-state index contributed by atoms with van der Waals surface area (Å²) in [5.41, 5.74) is 0. The monoisotopic (exact) mass is 541 g/mol. The first-order valence-corrected chi connectivity index (χ1v) is 12.8. The molecule has 1 saturated carbocycles. The van der Waals surface area contributed by atoms with E-state index in [4.69, 9.17) is 21.1 Å². The summed E-state index contributed by atoms with van der Waals surface area (Å²) in [6.45, 7) is 0.219. The number of nitrogens with zero attached hydrogens (tertiary/aromatic N) is 1. The zero-order chi connectivity index (χ0) is 27.0. The smallest absolute Gasteiger partial charge is 0.305 e. The van der Waals surface area contributed by atoms with E-state index >= 15 is 0 Å². The van der Waals surface area contributed by atoms with Crippen LogP contribution in [0, 0.1) is 22.0 Å². The molecule has 206 valence electrons. The molecule has 2 rings (SSSR count). The summed E-state index contributed by atoms with van der Waals surface area (Å²) in [5, 5.41) is 40.7. The van der Waals surface area contributed by atoms with Gasteiger partial charge in [-0.15, -0.1) is 10.1 Å². The lowest BCUT2D eigenvalue weighted by Gasteiger charge is -2.19. The minimum absolute atomic E-state index is 0.0162. The highest BCUT2D eigenvalue weighted by Crippen LogP contribution is 2.36. The molecule has 11 heteroatoms. The van der Waals surface area contributed by atoms with Crippen molar-refractivity contribution in [3.05, 3.63) is 63.7 Å². The van der Waals surface area contributed by atoms with Crippen LogP contribution in [-0.4, -0.2) is 64.5 Å². The van der Waals surface area contributed by atoms with Gasteiger partial charge < -0.3 is 29.6 Å². The molecule has 3 N–H and O–H groups in total. The van der Waals surface area contributed by atoms with Gasteiger partial charge in [0.2, 0.25) is 0 Å². The zero-order valence-corrected chi connectivity index (χ0v) is 21.4. The molecule has 0 heterocycles. The van der Waals surface area contributed by atoms with E-state index in [1.165, 1.54) is 0 Å². The quantitative estimate of drug-likeness (QED) is 0.0883. The first kappa shape index (κ1) is 30.6. The van der Waals surface area contributed by atoms with E-state index in [9.17, 15) is 30.2 Å². The number of aliphatic hydroxyl groups is 3. The van der Waals surface area contributed by atoms with E-state index in [-0.39, 0.29) is 50.5 Å². The van der Waals surface area contributed by atoms with Gasteiger partial charge in [0.15, 0.2) is 0 Å². The number of esters is 1. The number of benzene rings is 1. The molecule has 1 fully saturated rings. The average Bonchev–Trinajstić information content (AvgIpc) is 3.12. The highest BCUT2D eigenvalue weighted by molar-refractivity contribution is 6.30. The first-order valence-electron chi connectivity index (χ1n) is 12.4. The third-order valence-corrected chi connectivity index (χ3v) is 6.25. The highest BCUT2D eigenvalue weighted by atomic mass is 35.5. The minimum Gasteiger partial charge on any atom is -0.491 e. The van der Waals surface area contributed by atoms with Crippen LogP contribution in [0.15, 0.2) is 48.6 Å². The predicted octanol–water partition coefficient (Wildman–Crippen LogP) is 3.64. The zero-order valence-electron chi connectivity index (χ0n) is 20.7. The van der Waals surface area contributed by atoms with Crippen LogP contribution in [0.3, 0.4) is 0 Å². The van der Waals surface area contributed by atoms with Gasteiger partial charge in [-0.05, 0) is 56.2 Å². The van der Waals surface area contributed by atoms with Gasteiger partial charge in [0.05, 0.1) is 25.4 Å². The topological polar surface area (TPSA) is 149 Å². The summed E-state index contributed by atoms with van der Waals surface area (Å²) in [5.74, 6) is -0.257. The lowest BCUT2D eigenvalue weighted by atomic mass is 9.89. The maximum atomic E-state index is 11.7. The van der Waals surface area contributed by atoms with Crippen molar-refractivity contribution in [2.75, 3.05) is 19.8 Å². The van der Waals surface area contributed by atoms with Crippen molar-refractivity contribution >= 4 is 17.6 Å². The molecule has 1 aliphatic carbocycles. The molecule has 1 aromatic carbocycles. The van der Waals surface area contributed by atoms with Gasteiger partial charge >= 0.3 is 5.97 Å². The number of carbonyl (C=O) groups excluding carboxylic acids is 1. The third kappa shape index (κ3) is 12.4. The molecule has 1 aromatic rings. The SMILES string of the molecule is O=C(CCC/C=C\C[C@@H]1[C@@H](/C=C/[C@@H](O)COc2cccc(Cl)c2)[C@H](O)C[C@@H]1O)OCCCCO[N+](=O)[O-]. The van der Waals surface area contributed by atoms with Gasteiger partial charge in [-0.25, -0.2) is 0 Å². The molecule has 0 radical (unpaired) electrons. The van der Waals surface area contributed by atoms with Crippen molar-refractivity contribution in [2.24, 2.45) is 11.8 Å². The second-order valence-corrected chi connectivity index (χ2v) is 9.35. The Bertz CT molecular complexity index is 895. The van der Waals surface area contributed by atoms with Gasteiger partial charge in [-0.1, -0.05) is 42.0 Å². The van der Waals surface area contributed by atoms with Gasteiger partial charge in [-0.3, -0.25) is 4.79 Å². The van der Waals surface area contributed by atoms with Crippen molar-refractivity contribution in [3.8, 4) is 5.75 Å². The number of halogens is 1. The normalized spacial score (nSPS) is 22.4. The summed E-state index contributed by atoms with van der Waals surface area (Å²) in [4.78, 5) is 25.9. The molecule has 0 bridgehead atoms. The van der Waals surface area contributed by atoms with Crippen LogP contribution in [0.5, 0.6) is 5.75 Å². The Kier molecular flexibility index (Phi) is 14.0. The summed E-state index contributed by atoms with van der Waals surface area (Å²) < 4.78 is 10.6. The molecular weight excluding hydrogens is 506 g/mol. The lowest BCUT2D eigenvalue weighted by Crippen LogP contribution is -2.21. The number of hydrogen-bond acceptors (Lipinski definition) is 9. The van der Waals surface area contributed by atoms with Gasteiger partial charge in [0, 0.05) is 23.8 Å². The number of carbonyl (C=O) groups is 1. The van der Waals surface area contributed by atoms with Gasteiger partial charge in [-0.2, -0.15) is 0 Å². The maximum absolute atomic E-state index is 11.7. The summed E-state index contributed by atoms with van der Waals surface area (Å²) in [6.07, 6.45) is 8.25. The second-order valence-electron chi connectivity index (χ2n) is 8.92. The number of ether oxygens (including phenoxy) is 2. The van der Waals surface area contributed by atoms with Crippen molar-refractivity contribution in [1.82, 2.24) is 0 Å². The summed E-state index contributed by atoms with van der Waals surface area (Å²) in [7, 11) is 0. The highest BCUT2D eigenvalue weighted by Gasteiger charge is 2.39. The molecule has 37 heavy (non-hydrogen) atoms. The minimum atomic E-state index is -0.880. The molecule has 0 unspecified atom stereocenters. The van der Waals surface area contributed by atoms with Gasteiger partial charge in [0.1, 0.15) is 18.5 Å². The molecule has 0 aliphatic heterocycles. The van der Waals surface area contributed by atoms with Crippen LogP contribution in [0.25, 0.3) is 0 Å². The molecular formula is C26H36ClNO9. The van der Waals surface area contributed by atoms with E-state index in [2.05, 4.69) is 4.84 Å². The van der Waals surface area contributed by atoms with E-state index in [1.807, 2.05) is 12.2 Å². The van der Waals surface area contributed by atoms with Crippen molar-refractivity contribution < 1.29 is 39.5 Å². The molecule has 0 amide bonds. The van der Waals surface area contributed by atoms with Crippen molar-refractivity contribution in [2.45, 2.75) is 63.3 Å². The van der Waals surface area contributed by atoms with Crippen LogP contribution in [-0.2, 0) is 14.4 Å². The number of unbranched alkanes of at least 4 members (excludes halogenated alkanes) is 2. The second kappa shape index (κ2) is 17.0. The molecule has 5 atom stereocenters. The number of hydrogen-bond donors (Lipinski definition) is 3. The largest absolute Gasteiger partial charge is 0.491 e. The summed E-state index contributed by atoms with van der Waals surface area (Å²) in [6, 6.07) is 6.88. The number of rotatable bonds is 17. The lowest BCUT2D eigenvalue weighted by molar-refractivity contribution is -0.757. The van der Waals surface area contributed by atoms with Crippen LogP contribution < -0.4 is 4.74 Å². The Balaban J connectivity index is 1.66. The van der Waals surface area contributed by atoms with E-state index < -0.39 is 23.4 Å². The Hall–Kier alpha value is -2.66. The van der Waals surface area contributed by atoms with Gasteiger partial charge in [0.25, 0.3) is 5.09 Å².